The first-order valence-corrected chi connectivity index (χ1v) is 11.2. The minimum absolute atomic E-state index is 0.118. The molecule has 4 rings (SSSR count). The fraction of sp³-hybridized carbons (Fsp3) is 0.417. The molecule has 0 saturated carbocycles. The lowest BCUT2D eigenvalue weighted by Gasteiger charge is -2.35. The van der Waals surface area contributed by atoms with Crippen LogP contribution in [0.5, 0.6) is 5.75 Å². The maximum absolute atomic E-state index is 12.9. The lowest BCUT2D eigenvalue weighted by molar-refractivity contribution is -0.122. The van der Waals surface area contributed by atoms with Gasteiger partial charge >= 0.3 is 0 Å². The summed E-state index contributed by atoms with van der Waals surface area (Å²) in [7, 11) is 3.69. The molecule has 0 aromatic heterocycles. The third-order valence-electron chi connectivity index (χ3n) is 6.24. The molecular weight excluding hydrogens is 428 g/mol. The molecule has 32 heavy (non-hydrogen) atoms. The zero-order valence-electron chi connectivity index (χ0n) is 18.7. The molecule has 0 spiro atoms. The summed E-state index contributed by atoms with van der Waals surface area (Å²) in [5, 5.41) is 3.50. The molecule has 2 amide bonds. The molecule has 2 heterocycles. The second-order valence-corrected chi connectivity index (χ2v) is 8.94. The van der Waals surface area contributed by atoms with Gasteiger partial charge in [0.1, 0.15) is 5.75 Å². The molecule has 2 aliphatic rings. The quantitative estimate of drug-likeness (QED) is 0.747. The molecule has 8 heteroatoms. The lowest BCUT2D eigenvalue weighted by Crippen LogP contribution is -2.44. The number of hydrogen-bond acceptors (Lipinski definition) is 5. The van der Waals surface area contributed by atoms with Crippen molar-refractivity contribution in [1.82, 2.24) is 4.90 Å². The molecule has 2 saturated heterocycles. The Hall–Kier alpha value is -2.77. The lowest BCUT2D eigenvalue weighted by atomic mass is 10.1. The van der Waals surface area contributed by atoms with Crippen molar-refractivity contribution in [2.45, 2.75) is 13.3 Å². The number of methoxy groups -OCH3 is 1. The van der Waals surface area contributed by atoms with Gasteiger partial charge in [-0.25, -0.2) is 0 Å². The number of halogens is 1. The van der Waals surface area contributed by atoms with Crippen LogP contribution in [0.3, 0.4) is 0 Å². The van der Waals surface area contributed by atoms with E-state index in [1.165, 1.54) is 5.69 Å². The smallest absolute Gasteiger partial charge is 0.229 e. The Morgan fingerprint density at radius 3 is 2.53 bits per heavy atom. The Balaban J connectivity index is 1.43. The molecule has 0 aliphatic carbocycles. The first-order valence-electron chi connectivity index (χ1n) is 10.8. The standard InChI is InChI=1S/C24H29ClN4O3/c1-16-12-19(5-6-20(16)28-10-8-27(2)9-11-28)26-24(31)17-13-23(30)29(15-17)21-14-18(25)4-7-22(21)32-3/h4-7,12,14,17H,8-11,13,15H2,1-3H3,(H,26,31). The molecule has 0 radical (unpaired) electrons. The summed E-state index contributed by atoms with van der Waals surface area (Å²) in [6, 6.07) is 11.1. The van der Waals surface area contributed by atoms with Crippen molar-refractivity contribution in [3.63, 3.8) is 0 Å². The Kier molecular flexibility index (Phi) is 6.58. The Labute approximate surface area is 193 Å². The summed E-state index contributed by atoms with van der Waals surface area (Å²) in [5.41, 5.74) is 3.66. The van der Waals surface area contributed by atoms with E-state index in [-0.39, 0.29) is 18.2 Å². The summed E-state index contributed by atoms with van der Waals surface area (Å²) < 4.78 is 5.37. The van der Waals surface area contributed by atoms with E-state index in [0.717, 1.165) is 37.4 Å². The highest BCUT2D eigenvalue weighted by Gasteiger charge is 2.36. The summed E-state index contributed by atoms with van der Waals surface area (Å²) in [6.45, 7) is 6.43. The van der Waals surface area contributed by atoms with Gasteiger partial charge in [0.2, 0.25) is 11.8 Å². The first kappa shape index (κ1) is 22.4. The number of amides is 2. The highest BCUT2D eigenvalue weighted by molar-refractivity contribution is 6.31. The number of likely N-dealkylation sites (N-methyl/N-ethyl adjacent to an activating group) is 1. The zero-order chi connectivity index (χ0) is 22.8. The fourth-order valence-corrected chi connectivity index (χ4v) is 4.54. The molecular formula is C24H29ClN4O3. The molecule has 2 fully saturated rings. The van der Waals surface area contributed by atoms with E-state index in [0.29, 0.717) is 23.0 Å². The van der Waals surface area contributed by atoms with E-state index in [4.69, 9.17) is 16.3 Å². The van der Waals surface area contributed by atoms with E-state index in [9.17, 15) is 9.59 Å². The molecule has 7 nitrogen and oxygen atoms in total. The van der Waals surface area contributed by atoms with Crippen molar-refractivity contribution in [3.05, 3.63) is 47.0 Å². The third kappa shape index (κ3) is 4.69. The average Bonchev–Trinajstić information content (AvgIpc) is 3.16. The minimum Gasteiger partial charge on any atom is -0.495 e. The molecule has 2 aliphatic heterocycles. The number of ether oxygens (including phenoxy) is 1. The van der Waals surface area contributed by atoms with Crippen LogP contribution in [0.15, 0.2) is 36.4 Å². The second kappa shape index (κ2) is 9.38. The van der Waals surface area contributed by atoms with Crippen molar-refractivity contribution in [1.29, 1.82) is 0 Å². The summed E-state index contributed by atoms with van der Waals surface area (Å²) in [6.07, 6.45) is 0.153. The van der Waals surface area contributed by atoms with Crippen LogP contribution in [0.4, 0.5) is 17.1 Å². The molecule has 1 atom stereocenters. The number of benzene rings is 2. The van der Waals surface area contributed by atoms with Gasteiger partial charge < -0.3 is 24.8 Å². The highest BCUT2D eigenvalue weighted by Crippen LogP contribution is 2.35. The maximum Gasteiger partial charge on any atom is 0.229 e. The molecule has 2 aromatic rings. The van der Waals surface area contributed by atoms with Gasteiger partial charge in [-0.1, -0.05) is 11.6 Å². The van der Waals surface area contributed by atoms with Gasteiger partial charge in [-0.15, -0.1) is 0 Å². The number of piperazine rings is 1. The van der Waals surface area contributed by atoms with E-state index >= 15 is 0 Å². The zero-order valence-corrected chi connectivity index (χ0v) is 19.5. The van der Waals surface area contributed by atoms with Gasteiger partial charge in [0.05, 0.1) is 18.7 Å². The van der Waals surface area contributed by atoms with Gasteiger partial charge in [0.15, 0.2) is 0 Å². The number of aryl methyl sites for hydroxylation is 1. The average molecular weight is 457 g/mol. The number of carbonyl (C=O) groups excluding carboxylic acids is 2. The normalized spacial score (nSPS) is 19.4. The largest absolute Gasteiger partial charge is 0.495 e. The molecule has 170 valence electrons. The van der Waals surface area contributed by atoms with Crippen LogP contribution in [0.2, 0.25) is 5.02 Å². The summed E-state index contributed by atoms with van der Waals surface area (Å²) in [4.78, 5) is 31.9. The van der Waals surface area contributed by atoms with Crippen LogP contribution in [-0.4, -0.2) is 63.6 Å². The van der Waals surface area contributed by atoms with E-state index in [1.807, 2.05) is 12.1 Å². The first-order chi connectivity index (χ1) is 15.4. The predicted octanol–water partition coefficient (Wildman–Crippen LogP) is 3.40. The minimum atomic E-state index is -0.441. The topological polar surface area (TPSA) is 65.1 Å². The molecule has 2 aromatic carbocycles. The van der Waals surface area contributed by atoms with Crippen LogP contribution >= 0.6 is 11.6 Å². The van der Waals surface area contributed by atoms with Crippen molar-refractivity contribution >= 4 is 40.5 Å². The van der Waals surface area contributed by atoms with Gasteiger partial charge in [-0.2, -0.15) is 0 Å². The van der Waals surface area contributed by atoms with Crippen LogP contribution in [-0.2, 0) is 9.59 Å². The number of hydrogen-bond donors (Lipinski definition) is 1. The predicted molar refractivity (Wildman–Crippen MR) is 128 cm³/mol. The van der Waals surface area contributed by atoms with E-state index < -0.39 is 5.92 Å². The van der Waals surface area contributed by atoms with Gasteiger partial charge in [-0.05, 0) is 55.9 Å². The van der Waals surface area contributed by atoms with Crippen LogP contribution in [0.25, 0.3) is 0 Å². The van der Waals surface area contributed by atoms with Crippen molar-refractivity contribution in [3.8, 4) is 5.75 Å². The van der Waals surface area contributed by atoms with Crippen molar-refractivity contribution < 1.29 is 14.3 Å². The second-order valence-electron chi connectivity index (χ2n) is 8.50. The van der Waals surface area contributed by atoms with Crippen LogP contribution < -0.4 is 19.9 Å². The summed E-state index contributed by atoms with van der Waals surface area (Å²) in [5.74, 6) is -0.163. The monoisotopic (exact) mass is 456 g/mol. The van der Waals surface area contributed by atoms with Gasteiger partial charge in [0, 0.05) is 55.5 Å². The Bertz CT molecular complexity index is 1020. The number of nitrogens with one attached hydrogen (secondary N) is 1. The molecule has 0 bridgehead atoms. The molecule has 1 N–H and O–H groups in total. The Morgan fingerprint density at radius 1 is 1.09 bits per heavy atom. The number of nitrogens with zero attached hydrogens (tertiary/aromatic N) is 3. The number of rotatable bonds is 5. The number of anilines is 3. The van der Waals surface area contributed by atoms with Crippen LogP contribution in [0.1, 0.15) is 12.0 Å². The number of carbonyl (C=O) groups is 2. The van der Waals surface area contributed by atoms with E-state index in [1.54, 1.807) is 30.2 Å². The van der Waals surface area contributed by atoms with Gasteiger partial charge in [-0.3, -0.25) is 9.59 Å². The SMILES string of the molecule is COc1ccc(Cl)cc1N1CC(C(=O)Nc2ccc(N3CCN(C)CC3)c(C)c2)CC1=O. The van der Waals surface area contributed by atoms with Crippen LogP contribution in [0, 0.1) is 12.8 Å². The summed E-state index contributed by atoms with van der Waals surface area (Å²) >= 11 is 6.12. The van der Waals surface area contributed by atoms with Gasteiger partial charge in [0.25, 0.3) is 0 Å². The van der Waals surface area contributed by atoms with Crippen molar-refractivity contribution in [2.75, 3.05) is 62.0 Å². The maximum atomic E-state index is 12.9. The highest BCUT2D eigenvalue weighted by atomic mass is 35.5. The fourth-order valence-electron chi connectivity index (χ4n) is 4.37. The third-order valence-corrected chi connectivity index (χ3v) is 6.47. The molecule has 1 unspecified atom stereocenters. The Morgan fingerprint density at radius 2 is 1.84 bits per heavy atom. The van der Waals surface area contributed by atoms with Crippen molar-refractivity contribution in [2.24, 2.45) is 5.92 Å². The van der Waals surface area contributed by atoms with E-state index in [2.05, 4.69) is 35.2 Å².